The monoisotopic (exact) mass is 181 g/mol. The summed E-state index contributed by atoms with van der Waals surface area (Å²) in [5.74, 6) is 0. The number of unbranched alkanes of at least 4 members (excludes halogenated alkanes) is 1. The molecule has 1 heterocycles. The predicted molar refractivity (Wildman–Crippen MR) is 55.1 cm³/mol. The summed E-state index contributed by atoms with van der Waals surface area (Å²) in [5, 5.41) is 0. The highest BCUT2D eigenvalue weighted by molar-refractivity contribution is 5.07. The second-order valence-electron chi connectivity index (χ2n) is 3.25. The number of hydrogen-bond acceptors (Lipinski definition) is 2. The Morgan fingerprint density at radius 3 is 2.85 bits per heavy atom. The van der Waals surface area contributed by atoms with Crippen LogP contribution in [0.2, 0.25) is 0 Å². The van der Waals surface area contributed by atoms with Crippen LogP contribution < -0.4 is 0 Å². The normalized spacial score (nSPS) is 15.1. The lowest BCUT2D eigenvalue weighted by atomic mass is 10.2. The summed E-state index contributed by atoms with van der Waals surface area (Å²) in [6.07, 6.45) is 9.19. The van der Waals surface area contributed by atoms with E-state index in [2.05, 4.69) is 24.8 Å². The molecule has 1 rings (SSSR count). The van der Waals surface area contributed by atoms with Gasteiger partial charge in [0.25, 0.3) is 0 Å². The van der Waals surface area contributed by atoms with Gasteiger partial charge in [-0.1, -0.05) is 13.3 Å². The zero-order valence-electron chi connectivity index (χ0n) is 8.62. The van der Waals surface area contributed by atoms with Gasteiger partial charge in [0.2, 0.25) is 0 Å². The van der Waals surface area contributed by atoms with Crippen molar-refractivity contribution in [3.8, 4) is 0 Å². The Labute approximate surface area is 80.9 Å². The topological polar surface area (TPSA) is 12.5 Å². The molecule has 0 fully saturated rings. The first-order valence-electron chi connectivity index (χ1n) is 5.13. The minimum Gasteiger partial charge on any atom is -0.471 e. The molecule has 13 heavy (non-hydrogen) atoms. The summed E-state index contributed by atoms with van der Waals surface area (Å²) in [7, 11) is 0. The van der Waals surface area contributed by atoms with Crippen LogP contribution in [0.3, 0.4) is 0 Å². The Balaban J connectivity index is 2.40. The minimum atomic E-state index is 1.01. The molecule has 2 nitrogen and oxygen atoms in total. The zero-order chi connectivity index (χ0) is 9.52. The molecule has 0 saturated carbocycles. The van der Waals surface area contributed by atoms with E-state index in [9.17, 15) is 0 Å². The zero-order valence-corrected chi connectivity index (χ0v) is 8.62. The third kappa shape index (κ3) is 3.13. The third-order valence-corrected chi connectivity index (χ3v) is 2.28. The molecule has 0 aromatic rings. The van der Waals surface area contributed by atoms with Gasteiger partial charge in [0.05, 0.1) is 12.0 Å². The average Bonchev–Trinajstić information content (AvgIpc) is 2.21. The lowest BCUT2D eigenvalue weighted by Crippen LogP contribution is -2.24. The quantitative estimate of drug-likeness (QED) is 0.646. The van der Waals surface area contributed by atoms with Crippen LogP contribution >= 0.6 is 0 Å². The molecule has 0 saturated heterocycles. The molecule has 0 atom stereocenters. The fraction of sp³-hybridized carbons (Fsp3) is 0.636. The molecule has 0 aliphatic carbocycles. The molecule has 0 aromatic carbocycles. The molecule has 2 heteroatoms. The van der Waals surface area contributed by atoms with Crippen LogP contribution in [0.15, 0.2) is 24.3 Å². The molecule has 0 unspecified atom stereocenters. The second kappa shape index (κ2) is 5.68. The molecule has 0 aromatic heterocycles. The van der Waals surface area contributed by atoms with E-state index in [1.807, 2.05) is 6.26 Å². The van der Waals surface area contributed by atoms with E-state index >= 15 is 0 Å². The van der Waals surface area contributed by atoms with Gasteiger partial charge >= 0.3 is 0 Å². The highest BCUT2D eigenvalue weighted by atomic mass is 16.5. The second-order valence-corrected chi connectivity index (χ2v) is 3.25. The van der Waals surface area contributed by atoms with E-state index < -0.39 is 0 Å². The van der Waals surface area contributed by atoms with E-state index in [4.69, 9.17) is 4.74 Å². The van der Waals surface area contributed by atoms with Gasteiger partial charge in [0.1, 0.15) is 6.26 Å². The maximum Gasteiger partial charge on any atom is 0.110 e. The van der Waals surface area contributed by atoms with Crippen LogP contribution in [-0.2, 0) is 4.74 Å². The lowest BCUT2D eigenvalue weighted by molar-refractivity contribution is 0.304. The van der Waals surface area contributed by atoms with Gasteiger partial charge in [-0.3, -0.25) is 0 Å². The molecule has 74 valence electrons. The van der Waals surface area contributed by atoms with E-state index in [-0.39, 0.29) is 0 Å². The summed E-state index contributed by atoms with van der Waals surface area (Å²) >= 11 is 0. The SMILES string of the molecule is CCCCN(CC)C1=COC=CC1. The van der Waals surface area contributed by atoms with Crippen LogP contribution in [-0.4, -0.2) is 18.0 Å². The summed E-state index contributed by atoms with van der Waals surface area (Å²) in [6.45, 7) is 6.63. The van der Waals surface area contributed by atoms with Gasteiger partial charge in [0.15, 0.2) is 0 Å². The van der Waals surface area contributed by atoms with E-state index in [1.165, 1.54) is 18.5 Å². The Morgan fingerprint density at radius 2 is 2.31 bits per heavy atom. The average molecular weight is 181 g/mol. The van der Waals surface area contributed by atoms with Crippen molar-refractivity contribution >= 4 is 0 Å². The molecule has 0 N–H and O–H groups in total. The number of nitrogens with zero attached hydrogens (tertiary/aromatic N) is 1. The van der Waals surface area contributed by atoms with Gasteiger partial charge in [-0.05, 0) is 19.4 Å². The van der Waals surface area contributed by atoms with Gasteiger partial charge in [0, 0.05) is 19.5 Å². The summed E-state index contributed by atoms with van der Waals surface area (Å²) in [5.41, 5.74) is 1.30. The van der Waals surface area contributed by atoms with Crippen molar-refractivity contribution in [1.82, 2.24) is 4.90 Å². The van der Waals surface area contributed by atoms with Gasteiger partial charge in [-0.25, -0.2) is 0 Å². The number of rotatable bonds is 5. The van der Waals surface area contributed by atoms with Crippen molar-refractivity contribution < 1.29 is 4.74 Å². The smallest absolute Gasteiger partial charge is 0.110 e. The summed E-state index contributed by atoms with van der Waals surface area (Å²) in [6, 6.07) is 0. The Kier molecular flexibility index (Phi) is 4.44. The highest BCUT2D eigenvalue weighted by Gasteiger charge is 2.07. The van der Waals surface area contributed by atoms with Crippen LogP contribution in [0.5, 0.6) is 0 Å². The molecule has 0 amide bonds. The van der Waals surface area contributed by atoms with Crippen molar-refractivity contribution in [2.45, 2.75) is 33.1 Å². The van der Waals surface area contributed by atoms with Crippen molar-refractivity contribution in [3.05, 3.63) is 24.3 Å². The first-order valence-corrected chi connectivity index (χ1v) is 5.13. The first kappa shape index (κ1) is 10.2. The van der Waals surface area contributed by atoms with Crippen molar-refractivity contribution in [3.63, 3.8) is 0 Å². The Bertz CT molecular complexity index is 196. The van der Waals surface area contributed by atoms with Crippen LogP contribution in [0.25, 0.3) is 0 Å². The van der Waals surface area contributed by atoms with Crippen LogP contribution in [0.4, 0.5) is 0 Å². The molecule has 1 aliphatic rings. The molecular formula is C11H19NO. The molecule has 1 aliphatic heterocycles. The molecule has 0 spiro atoms. The fourth-order valence-electron chi connectivity index (χ4n) is 1.45. The summed E-state index contributed by atoms with van der Waals surface area (Å²) in [4.78, 5) is 2.38. The van der Waals surface area contributed by atoms with E-state index in [0.717, 1.165) is 19.5 Å². The van der Waals surface area contributed by atoms with Crippen LogP contribution in [0.1, 0.15) is 33.1 Å². The number of ether oxygens (including phenoxy) is 1. The number of hydrogen-bond donors (Lipinski definition) is 0. The number of allylic oxidation sites excluding steroid dienone is 1. The highest BCUT2D eigenvalue weighted by Crippen LogP contribution is 2.14. The molecule has 0 bridgehead atoms. The standard InChI is InChI=1S/C11H19NO/c1-3-5-8-12(4-2)11-7-6-9-13-10-11/h6,9-10H,3-5,7-8H2,1-2H3. The third-order valence-electron chi connectivity index (χ3n) is 2.28. The predicted octanol–water partition coefficient (Wildman–Crippen LogP) is 2.88. The lowest BCUT2D eigenvalue weighted by Gasteiger charge is -2.25. The van der Waals surface area contributed by atoms with Crippen molar-refractivity contribution in [2.24, 2.45) is 0 Å². The fourth-order valence-corrected chi connectivity index (χ4v) is 1.45. The van der Waals surface area contributed by atoms with Crippen LogP contribution in [0, 0.1) is 0 Å². The Hall–Kier alpha value is -0.920. The van der Waals surface area contributed by atoms with Gasteiger partial charge in [-0.15, -0.1) is 0 Å². The largest absolute Gasteiger partial charge is 0.471 e. The van der Waals surface area contributed by atoms with Crippen molar-refractivity contribution in [2.75, 3.05) is 13.1 Å². The van der Waals surface area contributed by atoms with Gasteiger partial charge < -0.3 is 9.64 Å². The molecule has 0 radical (unpaired) electrons. The van der Waals surface area contributed by atoms with E-state index in [0.29, 0.717) is 0 Å². The van der Waals surface area contributed by atoms with E-state index in [1.54, 1.807) is 6.26 Å². The molecular weight excluding hydrogens is 162 g/mol. The maximum absolute atomic E-state index is 5.16. The van der Waals surface area contributed by atoms with Gasteiger partial charge in [-0.2, -0.15) is 0 Å². The summed E-state index contributed by atoms with van der Waals surface area (Å²) < 4.78 is 5.16. The van der Waals surface area contributed by atoms with Crippen molar-refractivity contribution in [1.29, 1.82) is 0 Å². The Morgan fingerprint density at radius 1 is 1.46 bits per heavy atom. The first-order chi connectivity index (χ1) is 6.38. The maximum atomic E-state index is 5.16. The minimum absolute atomic E-state index is 1.01.